The smallest absolute Gasteiger partial charge is 0.306 e. The highest BCUT2D eigenvalue weighted by molar-refractivity contribution is 5.98. The van der Waals surface area contributed by atoms with Crippen LogP contribution in [-0.4, -0.2) is 124 Å². The molecule has 0 saturated carbocycles. The van der Waals surface area contributed by atoms with E-state index in [1.165, 1.54) is 11.8 Å². The second kappa shape index (κ2) is 29.5. The van der Waals surface area contributed by atoms with Crippen molar-refractivity contribution in [2.45, 2.75) is 181 Å². The number of carbonyl (C=O) groups excluding carboxylic acids is 11. The normalized spacial score (nSPS) is 18.1. The number of rotatable bonds is 34. The summed E-state index contributed by atoms with van der Waals surface area (Å²) in [6, 6.07) is -3.61. The lowest BCUT2D eigenvalue weighted by molar-refractivity contribution is -0.145. The van der Waals surface area contributed by atoms with Crippen LogP contribution in [-0.2, 0) is 57.5 Å². The zero-order valence-corrected chi connectivity index (χ0v) is 40.4. The van der Waals surface area contributed by atoms with Crippen LogP contribution in [0.4, 0.5) is 0 Å². The summed E-state index contributed by atoms with van der Waals surface area (Å²) in [7, 11) is 0. The first-order valence-electron chi connectivity index (χ1n) is 24.1. The van der Waals surface area contributed by atoms with Gasteiger partial charge in [-0.2, -0.15) is 0 Å². The molecule has 0 radical (unpaired) electrons. The van der Waals surface area contributed by atoms with Gasteiger partial charge in [0.25, 0.3) is 0 Å². The van der Waals surface area contributed by atoms with E-state index < -0.39 is 101 Å². The summed E-state index contributed by atoms with van der Waals surface area (Å²) in [4.78, 5) is 155. The molecule has 7 N–H and O–H groups in total. The fourth-order valence-electron chi connectivity index (χ4n) is 8.62. The fourth-order valence-corrected chi connectivity index (χ4v) is 8.62. The van der Waals surface area contributed by atoms with Gasteiger partial charge in [-0.25, -0.2) is 0 Å². The molecule has 0 aromatic rings. The maximum Gasteiger partial charge on any atom is 0.306 e. The summed E-state index contributed by atoms with van der Waals surface area (Å²) in [6.45, 7) is 10.8. The number of amides is 5. The summed E-state index contributed by atoms with van der Waals surface area (Å²) in [5, 5.41) is 20.3. The van der Waals surface area contributed by atoms with Gasteiger partial charge < -0.3 is 37.0 Å². The minimum atomic E-state index is -1.19. The van der Waals surface area contributed by atoms with Crippen LogP contribution in [0.15, 0.2) is 0 Å². The number of aliphatic carboxylic acids is 1. The Bertz CT molecular complexity index is 1800. The predicted molar refractivity (Wildman–Crippen MR) is 246 cm³/mol. The molecule has 2 aliphatic rings. The number of nitrogens with one attached hydrogen (secondary N) is 4. The Morgan fingerprint density at radius 2 is 1.40 bits per heavy atom. The van der Waals surface area contributed by atoms with Crippen LogP contribution >= 0.6 is 0 Å². The lowest BCUT2D eigenvalue weighted by Gasteiger charge is -2.25. The van der Waals surface area contributed by atoms with Crippen molar-refractivity contribution in [2.24, 2.45) is 35.3 Å². The van der Waals surface area contributed by atoms with E-state index in [9.17, 15) is 62.6 Å². The molecule has 19 nitrogen and oxygen atoms in total. The molecule has 2 fully saturated rings. The van der Waals surface area contributed by atoms with Crippen molar-refractivity contribution >= 4 is 70.2 Å². The predicted octanol–water partition coefficient (Wildman–Crippen LogP) is 2.46. The van der Waals surface area contributed by atoms with Gasteiger partial charge in [0, 0.05) is 76.2 Å². The zero-order valence-electron chi connectivity index (χ0n) is 40.4. The number of Topliss-reactive ketones (excluding diaryl/α,β-unsaturated/α-hetero) is 6. The van der Waals surface area contributed by atoms with Crippen molar-refractivity contribution in [3.63, 3.8) is 0 Å². The quantitative estimate of drug-likeness (QED) is 0.0506. The van der Waals surface area contributed by atoms with Crippen LogP contribution in [0.2, 0.25) is 0 Å². The summed E-state index contributed by atoms with van der Waals surface area (Å²) >= 11 is 0. The van der Waals surface area contributed by atoms with E-state index in [4.69, 9.17) is 5.73 Å². The fraction of sp³-hybridized carbons (Fsp3) is 0.750. The summed E-state index contributed by atoms with van der Waals surface area (Å²) in [5.74, 6) is -8.82. The highest BCUT2D eigenvalue weighted by Crippen LogP contribution is 2.25. The molecule has 67 heavy (non-hydrogen) atoms. The number of likely N-dealkylation sites (tertiary alicyclic amines) is 1. The molecule has 376 valence electrons. The lowest BCUT2D eigenvalue weighted by atomic mass is 9.88. The average Bonchev–Trinajstić information content (AvgIpc) is 3.93. The highest BCUT2D eigenvalue weighted by atomic mass is 16.4. The number of nitrogens with two attached hydrogens (primary N) is 1. The summed E-state index contributed by atoms with van der Waals surface area (Å²) in [6.07, 6.45) is 2.40. The van der Waals surface area contributed by atoms with Gasteiger partial charge in [0.1, 0.15) is 5.78 Å². The minimum absolute atomic E-state index is 0.0279. The first kappa shape index (κ1) is 57.9. The Morgan fingerprint density at radius 3 is 1.99 bits per heavy atom. The van der Waals surface area contributed by atoms with E-state index in [-0.39, 0.29) is 113 Å². The molecule has 2 rings (SSSR count). The van der Waals surface area contributed by atoms with Crippen LogP contribution in [0.5, 0.6) is 0 Å². The molecule has 0 bridgehead atoms. The molecule has 2 heterocycles. The topological polar surface area (TPSA) is 302 Å². The molecule has 0 spiro atoms. The van der Waals surface area contributed by atoms with Gasteiger partial charge in [-0.05, 0) is 57.3 Å². The van der Waals surface area contributed by atoms with Crippen molar-refractivity contribution in [3.8, 4) is 0 Å². The third-order valence-corrected chi connectivity index (χ3v) is 12.3. The van der Waals surface area contributed by atoms with E-state index >= 15 is 0 Å². The number of carboxylic acid groups (broad SMARTS) is 1. The standard InChI is InChI=1S/C48H76N6O13/c1-7-8-9-11-31(48(66)67)23-42(60)38-12-10-19-54(38)45(63)18-15-39(57)30(6)52-47(65)32(20-28(2)3)22-34(55)27-51-46(64)33(21-29(4)5)24-41(59)36(13-16-43(49)61)53-44(62)17-14-40(58)37-25-35(56)26-50-37/h28-33,36-38,50H,7-27H2,1-6H3,(H2,49,61)(H,51,64)(H,52,65)(H,53,62)(H,66,67)/t30-,31+,32+,33+,36-,37-,38-/m0/s1. The van der Waals surface area contributed by atoms with E-state index in [0.29, 0.717) is 32.2 Å². The van der Waals surface area contributed by atoms with Crippen LogP contribution in [0, 0.1) is 29.6 Å². The van der Waals surface area contributed by atoms with Crippen molar-refractivity contribution in [2.75, 3.05) is 19.6 Å². The van der Waals surface area contributed by atoms with Gasteiger partial charge in [0.05, 0.1) is 43.2 Å². The lowest BCUT2D eigenvalue weighted by Crippen LogP contribution is -2.45. The number of carboxylic acids is 1. The molecular formula is C48H76N6O13. The largest absolute Gasteiger partial charge is 0.481 e. The highest BCUT2D eigenvalue weighted by Gasteiger charge is 2.37. The SMILES string of the molecule is CCCCC[C@H](CC(=O)[C@@H]1CCCN1C(=O)CCC(=O)[C@H](C)NC(=O)[C@@H](CC(=O)CNC(=O)[C@@H](CC(=O)[C@H](CCC(N)=O)NC(=O)CCC(=O)[C@@H]1CC(=O)CN1)CC(C)C)CC(C)C)C(=O)O. The van der Waals surface area contributed by atoms with Crippen molar-refractivity contribution < 1.29 is 62.6 Å². The van der Waals surface area contributed by atoms with E-state index in [1.54, 1.807) is 0 Å². The van der Waals surface area contributed by atoms with Gasteiger partial charge in [0.2, 0.25) is 29.5 Å². The van der Waals surface area contributed by atoms with E-state index in [2.05, 4.69) is 21.3 Å². The first-order valence-corrected chi connectivity index (χ1v) is 24.1. The number of ketones is 6. The Labute approximate surface area is 394 Å². The Balaban J connectivity index is 1.98. The summed E-state index contributed by atoms with van der Waals surface area (Å²) in [5.41, 5.74) is 5.32. The Morgan fingerprint density at radius 1 is 0.746 bits per heavy atom. The van der Waals surface area contributed by atoms with Gasteiger partial charge in [-0.1, -0.05) is 53.9 Å². The van der Waals surface area contributed by atoms with Gasteiger partial charge in [-0.15, -0.1) is 0 Å². The number of primary amides is 1. The molecule has 0 aromatic heterocycles. The van der Waals surface area contributed by atoms with Crippen LogP contribution in [0.25, 0.3) is 0 Å². The number of hydrogen-bond donors (Lipinski definition) is 6. The molecule has 5 amide bonds. The molecule has 2 saturated heterocycles. The van der Waals surface area contributed by atoms with Crippen LogP contribution in [0.1, 0.15) is 157 Å². The minimum Gasteiger partial charge on any atom is -0.481 e. The number of carbonyl (C=O) groups is 12. The van der Waals surface area contributed by atoms with Crippen molar-refractivity contribution in [1.82, 2.24) is 26.2 Å². The van der Waals surface area contributed by atoms with Crippen LogP contribution in [0.3, 0.4) is 0 Å². The number of unbranched alkanes of at least 4 members (excludes halogenated alkanes) is 2. The third-order valence-electron chi connectivity index (χ3n) is 12.3. The van der Waals surface area contributed by atoms with Gasteiger partial charge >= 0.3 is 5.97 Å². The second-order valence-electron chi connectivity index (χ2n) is 19.2. The Hall–Kier alpha value is -5.20. The van der Waals surface area contributed by atoms with E-state index in [0.717, 1.165) is 12.8 Å². The van der Waals surface area contributed by atoms with Crippen LogP contribution < -0.4 is 27.0 Å². The first-order chi connectivity index (χ1) is 31.5. The molecular weight excluding hydrogens is 869 g/mol. The maximum atomic E-state index is 13.6. The maximum absolute atomic E-state index is 13.6. The monoisotopic (exact) mass is 945 g/mol. The zero-order chi connectivity index (χ0) is 50.4. The molecule has 7 atom stereocenters. The molecule has 0 aliphatic carbocycles. The molecule has 19 heteroatoms. The van der Waals surface area contributed by atoms with Crippen molar-refractivity contribution in [3.05, 3.63) is 0 Å². The third kappa shape index (κ3) is 21.5. The molecule has 2 aliphatic heterocycles. The van der Waals surface area contributed by atoms with Gasteiger partial charge in [0.15, 0.2) is 28.9 Å². The van der Waals surface area contributed by atoms with Crippen molar-refractivity contribution in [1.29, 1.82) is 0 Å². The number of nitrogens with zero attached hydrogens (tertiary/aromatic N) is 1. The average molecular weight is 945 g/mol. The summed E-state index contributed by atoms with van der Waals surface area (Å²) < 4.78 is 0. The van der Waals surface area contributed by atoms with E-state index in [1.807, 2.05) is 34.6 Å². The Kier molecular flexibility index (Phi) is 25.5. The molecule has 0 aromatic carbocycles. The molecule has 0 unspecified atom stereocenters. The second-order valence-corrected chi connectivity index (χ2v) is 19.2. The van der Waals surface area contributed by atoms with Gasteiger partial charge in [-0.3, -0.25) is 57.5 Å². The number of hydrogen-bond acceptors (Lipinski definition) is 13.